The molecule has 0 atom stereocenters. The van der Waals surface area contributed by atoms with E-state index in [2.05, 4.69) is 4.89 Å². The molecule has 0 bridgehead atoms. The lowest BCUT2D eigenvalue weighted by Gasteiger charge is -1.75. The van der Waals surface area contributed by atoms with Gasteiger partial charge in [0.05, 0.1) is 0 Å². The van der Waals surface area contributed by atoms with Gasteiger partial charge in [-0.2, -0.15) is 5.26 Å². The largest absolute Gasteiger partial charge is 0.537 e. The number of carboxylic acid groups (broad SMARTS) is 1. The van der Waals surface area contributed by atoms with Crippen LogP contribution in [0.5, 0.6) is 0 Å². The van der Waals surface area contributed by atoms with Gasteiger partial charge in [-0.05, 0) is 0 Å². The first kappa shape index (κ1) is 23.6. The van der Waals surface area contributed by atoms with Gasteiger partial charge in [0.1, 0.15) is 0 Å². The molecule has 0 aromatic rings. The summed E-state index contributed by atoms with van der Waals surface area (Å²) in [5, 5.41) is 14.3. The summed E-state index contributed by atoms with van der Waals surface area (Å²) in [5.74, 6) is 0. The van der Waals surface area contributed by atoms with Crippen molar-refractivity contribution in [3.63, 3.8) is 0 Å². The molecule has 0 aliphatic rings. The Morgan fingerprint density at radius 3 is 1.62 bits per heavy atom. The second kappa shape index (κ2) is 15.6. The van der Waals surface area contributed by atoms with Crippen LogP contribution in [0.15, 0.2) is 0 Å². The van der Waals surface area contributed by atoms with Crippen molar-refractivity contribution in [2.24, 2.45) is 0 Å². The molecule has 4 N–H and O–H groups in total. The Morgan fingerprint density at radius 1 is 1.50 bits per heavy atom. The Labute approximate surface area is 72.2 Å². The molecule has 0 saturated heterocycles. The van der Waals surface area contributed by atoms with E-state index in [0.717, 1.165) is 0 Å². The molecule has 0 aromatic heterocycles. The molecule has 48 valence electrons. The maximum Gasteiger partial charge on any atom is 0.537 e. The third kappa shape index (κ3) is 31.6. The van der Waals surface area contributed by atoms with Crippen LogP contribution in [0, 0.1) is 0 Å². The fourth-order valence-corrected chi connectivity index (χ4v) is 0. The first-order valence-electron chi connectivity index (χ1n) is 0.814. The van der Waals surface area contributed by atoms with Crippen LogP contribution in [0.3, 0.4) is 0 Å². The van der Waals surface area contributed by atoms with E-state index >= 15 is 0 Å². The molecule has 0 aliphatic heterocycles. The fourth-order valence-electron chi connectivity index (χ4n) is 0. The van der Waals surface area contributed by atoms with Gasteiger partial charge in [-0.3, -0.25) is 4.89 Å². The normalized spacial score (nSPS) is 4.12. The summed E-state index contributed by atoms with van der Waals surface area (Å²) in [5.41, 5.74) is 0. The van der Waals surface area contributed by atoms with Crippen molar-refractivity contribution in [3.8, 4) is 0 Å². The van der Waals surface area contributed by atoms with Gasteiger partial charge < -0.3 is 10.6 Å². The Kier molecular flexibility index (Phi) is 46.2. The highest BCUT2D eigenvalue weighted by Crippen LogP contribution is 1.59. The average molecular weight is 152 g/mol. The Balaban J connectivity index is -0.0000000267. The maximum absolute atomic E-state index is 8.90. The van der Waals surface area contributed by atoms with Crippen LogP contribution in [0.4, 0.5) is 4.79 Å². The lowest BCUT2D eigenvalue weighted by molar-refractivity contribution is -0.194. The minimum atomic E-state index is -1.69. The minimum Gasteiger partial charge on any atom is -0.448 e. The highest BCUT2D eigenvalue weighted by Gasteiger charge is 1.84. The van der Waals surface area contributed by atoms with Crippen LogP contribution in [0.25, 0.3) is 0 Å². The highest BCUT2D eigenvalue weighted by molar-refractivity contribution is 5.76. The van der Waals surface area contributed by atoms with Crippen molar-refractivity contribution in [3.05, 3.63) is 0 Å². The maximum atomic E-state index is 8.90. The van der Waals surface area contributed by atoms with Crippen molar-refractivity contribution in [1.29, 1.82) is 0 Å². The molecule has 0 amide bonds. The van der Waals surface area contributed by atoms with Gasteiger partial charge in [0, 0.05) is 0 Å². The second-order valence-electron chi connectivity index (χ2n) is 0.357. The van der Waals surface area contributed by atoms with Crippen molar-refractivity contribution in [2.45, 2.75) is 0 Å². The quantitative estimate of drug-likeness (QED) is 0.223. The van der Waals surface area contributed by atoms with Gasteiger partial charge in [0.2, 0.25) is 0 Å². The SMILES string of the molecule is O.O=C(O)OO.[AlH3].[MgH2]. The van der Waals surface area contributed by atoms with E-state index in [1.807, 2.05) is 0 Å². The van der Waals surface area contributed by atoms with Crippen LogP contribution in [-0.4, -0.2) is 62.4 Å². The van der Waals surface area contributed by atoms with Gasteiger partial charge in [-0.25, -0.2) is 4.79 Å². The van der Waals surface area contributed by atoms with E-state index in [-0.39, 0.29) is 45.9 Å². The molecule has 0 fully saturated rings. The monoisotopic (exact) mass is 152 g/mol. The molecular formula is CH9AlMgO5. The molecular weight excluding hydrogens is 143 g/mol. The zero-order valence-corrected chi connectivity index (χ0v) is 2.71. The van der Waals surface area contributed by atoms with Crippen LogP contribution in [-0.2, 0) is 4.89 Å². The summed E-state index contributed by atoms with van der Waals surface area (Å²) in [6.07, 6.45) is -1.69. The molecule has 0 radical (unpaired) electrons. The Hall–Kier alpha value is 0.489. The van der Waals surface area contributed by atoms with E-state index in [0.29, 0.717) is 0 Å². The van der Waals surface area contributed by atoms with Gasteiger partial charge in [-0.1, -0.05) is 0 Å². The lowest BCUT2D eigenvalue weighted by atomic mass is 11.5. The summed E-state index contributed by atoms with van der Waals surface area (Å²) in [4.78, 5) is 11.6. The van der Waals surface area contributed by atoms with E-state index in [1.165, 1.54) is 0 Å². The third-order valence-corrected chi connectivity index (χ3v) is 0.0781. The zero-order valence-electron chi connectivity index (χ0n) is 2.71. The van der Waals surface area contributed by atoms with Crippen LogP contribution in [0.1, 0.15) is 0 Å². The molecule has 0 aliphatic carbocycles. The summed E-state index contributed by atoms with van der Waals surface area (Å²) >= 11 is 0. The van der Waals surface area contributed by atoms with Crippen molar-refractivity contribution in [2.75, 3.05) is 0 Å². The number of carbonyl (C=O) groups is 1. The van der Waals surface area contributed by atoms with Gasteiger partial charge in [-0.15, -0.1) is 0 Å². The number of hydrogen-bond donors (Lipinski definition) is 2. The van der Waals surface area contributed by atoms with Gasteiger partial charge in [0.15, 0.2) is 17.4 Å². The average Bonchev–Trinajstić information content (AvgIpc) is 1.38. The van der Waals surface area contributed by atoms with E-state index in [9.17, 15) is 0 Å². The van der Waals surface area contributed by atoms with Crippen LogP contribution < -0.4 is 0 Å². The molecule has 0 aromatic carbocycles. The van der Waals surface area contributed by atoms with E-state index < -0.39 is 6.16 Å². The number of hydrogen-bond acceptors (Lipinski definition) is 3. The predicted octanol–water partition coefficient (Wildman–Crippen LogP) is -2.77. The zero-order chi connectivity index (χ0) is 4.28. The minimum absolute atomic E-state index is 0. The highest BCUT2D eigenvalue weighted by atomic mass is 27.0. The summed E-state index contributed by atoms with van der Waals surface area (Å²) in [6.45, 7) is 0. The first-order valence-corrected chi connectivity index (χ1v) is 0.814. The first-order chi connectivity index (χ1) is 2.27. The van der Waals surface area contributed by atoms with Gasteiger partial charge >= 0.3 is 29.2 Å². The standard InChI is InChI=1S/CH2O4.Al.Mg.H2O.5H/c2-1(3)5-4;;;;;;;;/h4H,(H,2,3);;;1H2;;;;;. The molecule has 0 unspecified atom stereocenters. The molecule has 0 saturated carbocycles. The van der Waals surface area contributed by atoms with Crippen molar-refractivity contribution in [1.82, 2.24) is 0 Å². The topological polar surface area (TPSA) is 98.3 Å². The third-order valence-electron chi connectivity index (χ3n) is 0.0781. The van der Waals surface area contributed by atoms with Gasteiger partial charge in [0.25, 0.3) is 0 Å². The van der Waals surface area contributed by atoms with Crippen LogP contribution >= 0.6 is 0 Å². The van der Waals surface area contributed by atoms with Crippen LogP contribution in [0.2, 0.25) is 0 Å². The van der Waals surface area contributed by atoms with Crippen molar-refractivity contribution >= 4 is 46.6 Å². The predicted molar refractivity (Wildman–Crippen MR) is 33.8 cm³/mol. The summed E-state index contributed by atoms with van der Waals surface area (Å²) in [6, 6.07) is 0. The summed E-state index contributed by atoms with van der Waals surface area (Å²) < 4.78 is 0. The smallest absolute Gasteiger partial charge is 0.448 e. The molecule has 5 nitrogen and oxygen atoms in total. The summed E-state index contributed by atoms with van der Waals surface area (Å²) in [7, 11) is 0. The molecule has 0 rings (SSSR count). The fraction of sp³-hybridized carbons (Fsp3) is 0. The second-order valence-corrected chi connectivity index (χ2v) is 0.357. The molecule has 0 spiro atoms. The number of rotatable bonds is 0. The molecule has 8 heavy (non-hydrogen) atoms. The lowest BCUT2D eigenvalue weighted by Crippen LogP contribution is -1.91. The molecule has 7 heteroatoms. The van der Waals surface area contributed by atoms with E-state index in [4.69, 9.17) is 15.2 Å². The Morgan fingerprint density at radius 2 is 1.62 bits per heavy atom. The van der Waals surface area contributed by atoms with Crippen molar-refractivity contribution < 1.29 is 25.5 Å². The van der Waals surface area contributed by atoms with E-state index in [1.54, 1.807) is 0 Å². The molecule has 0 heterocycles. The Bertz CT molecular complexity index is 47.7.